The van der Waals surface area contributed by atoms with E-state index < -0.39 is 10.8 Å². The van der Waals surface area contributed by atoms with E-state index in [9.17, 15) is 14.9 Å². The molecule has 0 radical (unpaired) electrons. The molecule has 0 aliphatic carbocycles. The summed E-state index contributed by atoms with van der Waals surface area (Å²) in [5.74, 6) is -0.00935. The van der Waals surface area contributed by atoms with Gasteiger partial charge in [-0.1, -0.05) is 36.4 Å². The highest BCUT2D eigenvalue weighted by atomic mass is 16.6. The number of benzene rings is 2. The van der Waals surface area contributed by atoms with Crippen LogP contribution in [0.15, 0.2) is 54.6 Å². The highest BCUT2D eigenvalue weighted by Crippen LogP contribution is 2.22. The topological polar surface area (TPSA) is 90.1 Å². The fraction of sp³-hybridized carbons (Fsp3) is 0.158. The van der Waals surface area contributed by atoms with E-state index in [1.54, 1.807) is 23.7 Å². The number of rotatable bonds is 5. The summed E-state index contributed by atoms with van der Waals surface area (Å²) in [5.41, 5.74) is 2.51. The minimum atomic E-state index is -0.495. The monoisotopic (exact) mass is 350 g/mol. The van der Waals surface area contributed by atoms with Gasteiger partial charge in [-0.05, 0) is 25.5 Å². The Kier molecular flexibility index (Phi) is 4.79. The molecule has 0 atom stereocenters. The average Bonchev–Trinajstić information content (AvgIpc) is 2.94. The number of hydrogen-bond acceptors (Lipinski definition) is 4. The number of nitrogens with one attached hydrogen (secondary N) is 1. The molecule has 0 saturated carbocycles. The summed E-state index contributed by atoms with van der Waals surface area (Å²) < 4.78 is 1.80. The van der Waals surface area contributed by atoms with Crippen molar-refractivity contribution in [3.8, 4) is 0 Å². The smallest absolute Gasteiger partial charge is 0.273 e. The van der Waals surface area contributed by atoms with Gasteiger partial charge in [0.1, 0.15) is 0 Å². The van der Waals surface area contributed by atoms with Crippen molar-refractivity contribution in [2.45, 2.75) is 20.4 Å². The molecule has 0 unspecified atom stereocenters. The second-order valence-electron chi connectivity index (χ2n) is 5.98. The molecular formula is C19H18N4O3. The van der Waals surface area contributed by atoms with Gasteiger partial charge in [-0.15, -0.1) is 0 Å². The third-order valence-electron chi connectivity index (χ3n) is 4.14. The van der Waals surface area contributed by atoms with Crippen molar-refractivity contribution in [2.24, 2.45) is 0 Å². The lowest BCUT2D eigenvalue weighted by Crippen LogP contribution is -2.15. The summed E-state index contributed by atoms with van der Waals surface area (Å²) in [6, 6.07) is 16.1. The molecule has 1 amide bonds. The maximum absolute atomic E-state index is 12.5. The second kappa shape index (κ2) is 7.18. The van der Waals surface area contributed by atoms with Gasteiger partial charge >= 0.3 is 0 Å². The van der Waals surface area contributed by atoms with Gasteiger partial charge in [0.05, 0.1) is 11.5 Å². The first-order valence-electron chi connectivity index (χ1n) is 8.09. The fourth-order valence-electron chi connectivity index (χ4n) is 2.74. The molecule has 1 aromatic heterocycles. The molecule has 0 spiro atoms. The third-order valence-corrected chi connectivity index (χ3v) is 4.14. The Bertz CT molecular complexity index is 964. The number of anilines is 1. The summed E-state index contributed by atoms with van der Waals surface area (Å²) in [4.78, 5) is 23.0. The van der Waals surface area contributed by atoms with Crippen LogP contribution in [0.1, 0.15) is 27.2 Å². The summed E-state index contributed by atoms with van der Waals surface area (Å²) in [5, 5.41) is 18.2. The maximum atomic E-state index is 12.5. The van der Waals surface area contributed by atoms with Crippen LogP contribution in [0.25, 0.3) is 0 Å². The van der Waals surface area contributed by atoms with E-state index in [0.29, 0.717) is 17.9 Å². The Labute approximate surface area is 150 Å². The minimum absolute atomic E-state index is 0.0802. The zero-order valence-electron chi connectivity index (χ0n) is 14.5. The van der Waals surface area contributed by atoms with Gasteiger partial charge in [0.15, 0.2) is 5.82 Å². The number of nitro benzene ring substituents is 1. The van der Waals surface area contributed by atoms with Crippen LogP contribution in [0, 0.1) is 24.0 Å². The first kappa shape index (κ1) is 17.3. The molecule has 1 N–H and O–H groups in total. The predicted molar refractivity (Wildman–Crippen MR) is 98.3 cm³/mol. The van der Waals surface area contributed by atoms with Crippen LogP contribution in [-0.4, -0.2) is 20.6 Å². The quantitative estimate of drug-likeness (QED) is 0.561. The number of amides is 1. The van der Waals surface area contributed by atoms with Gasteiger partial charge in [-0.25, -0.2) is 0 Å². The molecule has 3 aromatic rings. The zero-order valence-corrected chi connectivity index (χ0v) is 14.5. The first-order chi connectivity index (χ1) is 12.5. The van der Waals surface area contributed by atoms with E-state index in [0.717, 1.165) is 11.3 Å². The fourth-order valence-corrected chi connectivity index (χ4v) is 2.74. The largest absolute Gasteiger partial charge is 0.305 e. The van der Waals surface area contributed by atoms with Gasteiger partial charge in [-0.2, -0.15) is 5.10 Å². The number of aromatic nitrogens is 2. The van der Waals surface area contributed by atoms with Crippen molar-refractivity contribution in [1.29, 1.82) is 0 Å². The molecule has 3 rings (SSSR count). The molecule has 0 fully saturated rings. The average molecular weight is 350 g/mol. The van der Waals surface area contributed by atoms with E-state index >= 15 is 0 Å². The number of nitrogens with zero attached hydrogens (tertiary/aromatic N) is 3. The van der Waals surface area contributed by atoms with E-state index in [4.69, 9.17) is 0 Å². The van der Waals surface area contributed by atoms with Crippen molar-refractivity contribution in [1.82, 2.24) is 9.78 Å². The van der Waals surface area contributed by atoms with E-state index in [1.807, 2.05) is 37.3 Å². The summed E-state index contributed by atoms with van der Waals surface area (Å²) in [7, 11) is 0. The van der Waals surface area contributed by atoms with Crippen molar-refractivity contribution >= 4 is 17.4 Å². The molecule has 2 aromatic carbocycles. The van der Waals surface area contributed by atoms with Crippen molar-refractivity contribution in [3.05, 3.63) is 87.1 Å². The van der Waals surface area contributed by atoms with Crippen LogP contribution < -0.4 is 5.32 Å². The Hall–Kier alpha value is -3.48. The Morgan fingerprint density at radius 3 is 2.58 bits per heavy atom. The van der Waals surface area contributed by atoms with Crippen LogP contribution >= 0.6 is 0 Å². The highest BCUT2D eigenvalue weighted by molar-refractivity contribution is 6.05. The number of carbonyl (C=O) groups excluding carboxylic acids is 1. The SMILES string of the molecule is Cc1c(C(=O)Nc2cc(C)n(Cc3ccccc3)n2)cccc1[N+](=O)[O-]. The Balaban J connectivity index is 1.80. The molecule has 7 heteroatoms. The van der Waals surface area contributed by atoms with Gasteiger partial charge in [0.25, 0.3) is 11.6 Å². The van der Waals surface area contributed by atoms with Gasteiger partial charge in [0.2, 0.25) is 0 Å². The number of hydrogen-bond donors (Lipinski definition) is 1. The molecule has 0 saturated heterocycles. The lowest BCUT2D eigenvalue weighted by atomic mass is 10.1. The summed E-state index contributed by atoms with van der Waals surface area (Å²) in [6.07, 6.45) is 0. The van der Waals surface area contributed by atoms with Crippen LogP contribution in [-0.2, 0) is 6.54 Å². The van der Waals surface area contributed by atoms with Gasteiger partial charge in [-0.3, -0.25) is 19.6 Å². The number of nitro groups is 1. The van der Waals surface area contributed by atoms with Crippen molar-refractivity contribution in [3.63, 3.8) is 0 Å². The molecule has 0 aliphatic heterocycles. The molecule has 0 bridgehead atoms. The number of aryl methyl sites for hydroxylation is 1. The van der Waals surface area contributed by atoms with Crippen LogP contribution in [0.4, 0.5) is 11.5 Å². The summed E-state index contributed by atoms with van der Waals surface area (Å²) >= 11 is 0. The minimum Gasteiger partial charge on any atom is -0.305 e. The third kappa shape index (κ3) is 3.61. The van der Waals surface area contributed by atoms with Gasteiger partial charge < -0.3 is 5.32 Å². The van der Waals surface area contributed by atoms with Crippen molar-refractivity contribution in [2.75, 3.05) is 5.32 Å². The Morgan fingerprint density at radius 1 is 1.15 bits per heavy atom. The first-order valence-corrected chi connectivity index (χ1v) is 8.09. The highest BCUT2D eigenvalue weighted by Gasteiger charge is 2.19. The maximum Gasteiger partial charge on any atom is 0.273 e. The number of carbonyl (C=O) groups is 1. The summed E-state index contributed by atoms with van der Waals surface area (Å²) in [6.45, 7) is 4.06. The second-order valence-corrected chi connectivity index (χ2v) is 5.98. The van der Waals surface area contributed by atoms with Crippen LogP contribution in [0.3, 0.4) is 0 Å². The van der Waals surface area contributed by atoms with Gasteiger partial charge in [0, 0.05) is 29.0 Å². The lowest BCUT2D eigenvalue weighted by Gasteiger charge is -2.06. The molecule has 26 heavy (non-hydrogen) atoms. The molecule has 1 heterocycles. The lowest BCUT2D eigenvalue weighted by molar-refractivity contribution is -0.385. The van der Waals surface area contributed by atoms with E-state index in [-0.39, 0.29) is 11.3 Å². The van der Waals surface area contributed by atoms with E-state index in [1.165, 1.54) is 12.1 Å². The standard InChI is InChI=1S/C19H18N4O3/c1-13-11-18(21-22(13)12-15-7-4-3-5-8-15)20-19(24)16-9-6-10-17(14(16)2)23(25)26/h3-11H,12H2,1-2H3,(H,20,21,24). The van der Waals surface area contributed by atoms with Crippen LogP contribution in [0.5, 0.6) is 0 Å². The Morgan fingerprint density at radius 2 is 1.88 bits per heavy atom. The molecule has 0 aliphatic rings. The normalized spacial score (nSPS) is 10.5. The van der Waals surface area contributed by atoms with Crippen LogP contribution in [0.2, 0.25) is 0 Å². The van der Waals surface area contributed by atoms with Crippen molar-refractivity contribution < 1.29 is 9.72 Å². The molecule has 7 nitrogen and oxygen atoms in total. The molecular weight excluding hydrogens is 332 g/mol. The zero-order chi connectivity index (χ0) is 18.7. The van der Waals surface area contributed by atoms with E-state index in [2.05, 4.69) is 10.4 Å². The molecule has 132 valence electrons. The predicted octanol–water partition coefficient (Wildman–Crippen LogP) is 3.71.